The monoisotopic (exact) mass is 308 g/mol. The van der Waals surface area contributed by atoms with E-state index in [-0.39, 0.29) is 5.91 Å². The van der Waals surface area contributed by atoms with E-state index < -0.39 is 10.8 Å². The van der Waals surface area contributed by atoms with Gasteiger partial charge in [0, 0.05) is 34.5 Å². The molecule has 1 N–H and O–H groups in total. The first-order valence-corrected chi connectivity index (χ1v) is 9.10. The molecule has 0 aromatic heterocycles. The van der Waals surface area contributed by atoms with Crippen molar-refractivity contribution in [2.75, 3.05) is 25.9 Å². The summed E-state index contributed by atoms with van der Waals surface area (Å²) in [4.78, 5) is 15.3. The van der Waals surface area contributed by atoms with Crippen LogP contribution in [0.2, 0.25) is 0 Å². The van der Waals surface area contributed by atoms with Crippen molar-refractivity contribution >= 4 is 16.7 Å². The third-order valence-corrected chi connectivity index (χ3v) is 4.96. The number of hydrogen-bond donors (Lipinski definition) is 1. The highest BCUT2D eigenvalue weighted by atomic mass is 32.2. The van der Waals surface area contributed by atoms with Gasteiger partial charge in [0.15, 0.2) is 0 Å². The molecular formula is C16H24N2O2S. The lowest BCUT2D eigenvalue weighted by molar-refractivity contribution is -0.133. The molecule has 21 heavy (non-hydrogen) atoms. The van der Waals surface area contributed by atoms with Crippen molar-refractivity contribution in [1.82, 2.24) is 10.2 Å². The van der Waals surface area contributed by atoms with Crippen LogP contribution in [0, 0.1) is 0 Å². The molecule has 1 aliphatic rings. The summed E-state index contributed by atoms with van der Waals surface area (Å²) in [6.45, 7) is 4.79. The predicted molar refractivity (Wildman–Crippen MR) is 85.8 cm³/mol. The van der Waals surface area contributed by atoms with E-state index in [1.807, 2.05) is 36.1 Å². The Bertz CT molecular complexity index is 496. The average molecular weight is 308 g/mol. The first-order valence-electron chi connectivity index (χ1n) is 7.54. The lowest BCUT2D eigenvalue weighted by Crippen LogP contribution is -2.46. The standard InChI is InChI=1S/C16H24N2O2S/c1-3-18(14-8-10-17-11-9-14)16(19)12-13-4-6-15(7-5-13)21(2)20/h4-7,14,17H,3,8-12H2,1-2H3. The minimum absolute atomic E-state index is 0.190. The fraction of sp³-hybridized carbons (Fsp3) is 0.562. The van der Waals surface area contributed by atoms with Crippen LogP contribution in [-0.4, -0.2) is 46.9 Å². The summed E-state index contributed by atoms with van der Waals surface area (Å²) in [5.41, 5.74) is 0.988. The van der Waals surface area contributed by atoms with Crippen LogP contribution in [0.1, 0.15) is 25.3 Å². The summed E-state index contributed by atoms with van der Waals surface area (Å²) >= 11 is 0. The number of likely N-dealkylation sites (N-methyl/N-ethyl adjacent to an activating group) is 1. The quantitative estimate of drug-likeness (QED) is 0.898. The van der Waals surface area contributed by atoms with E-state index in [1.54, 1.807) is 6.26 Å². The van der Waals surface area contributed by atoms with Crippen LogP contribution < -0.4 is 5.32 Å². The van der Waals surface area contributed by atoms with Gasteiger partial charge in [-0.2, -0.15) is 0 Å². The third kappa shape index (κ3) is 4.38. The molecular weight excluding hydrogens is 284 g/mol. The number of benzene rings is 1. The van der Waals surface area contributed by atoms with Gasteiger partial charge in [0.1, 0.15) is 0 Å². The maximum absolute atomic E-state index is 12.5. The number of hydrogen-bond acceptors (Lipinski definition) is 3. The van der Waals surface area contributed by atoms with E-state index in [4.69, 9.17) is 0 Å². The molecule has 4 nitrogen and oxygen atoms in total. The SMILES string of the molecule is CCN(C(=O)Cc1ccc(S(C)=O)cc1)C1CCNCC1. The predicted octanol–water partition coefficient (Wildman–Crippen LogP) is 1.57. The molecule has 1 aliphatic heterocycles. The van der Waals surface area contributed by atoms with Crippen molar-refractivity contribution in [3.63, 3.8) is 0 Å². The molecule has 0 radical (unpaired) electrons. The molecule has 1 saturated heterocycles. The normalized spacial score (nSPS) is 17.4. The molecule has 2 rings (SSSR count). The Balaban J connectivity index is 1.99. The van der Waals surface area contributed by atoms with Crippen LogP contribution in [0.5, 0.6) is 0 Å². The molecule has 1 aromatic rings. The van der Waals surface area contributed by atoms with E-state index >= 15 is 0 Å². The zero-order valence-electron chi connectivity index (χ0n) is 12.8. The first-order chi connectivity index (χ1) is 10.1. The molecule has 1 fully saturated rings. The van der Waals surface area contributed by atoms with Gasteiger partial charge in [-0.05, 0) is 50.6 Å². The van der Waals surface area contributed by atoms with Gasteiger partial charge < -0.3 is 10.2 Å². The molecule has 0 spiro atoms. The fourth-order valence-corrected chi connectivity index (χ4v) is 3.35. The lowest BCUT2D eigenvalue weighted by atomic mass is 10.0. The van der Waals surface area contributed by atoms with Crippen molar-refractivity contribution < 1.29 is 9.00 Å². The molecule has 1 unspecified atom stereocenters. The van der Waals surface area contributed by atoms with Gasteiger partial charge in [0.25, 0.3) is 0 Å². The van der Waals surface area contributed by atoms with Crippen molar-refractivity contribution in [2.45, 2.75) is 37.1 Å². The highest BCUT2D eigenvalue weighted by Crippen LogP contribution is 2.15. The van der Waals surface area contributed by atoms with Gasteiger partial charge >= 0.3 is 0 Å². The number of nitrogens with one attached hydrogen (secondary N) is 1. The van der Waals surface area contributed by atoms with Crippen LogP contribution in [0.3, 0.4) is 0 Å². The van der Waals surface area contributed by atoms with Gasteiger partial charge in [-0.1, -0.05) is 12.1 Å². The van der Waals surface area contributed by atoms with E-state index in [1.165, 1.54) is 0 Å². The zero-order chi connectivity index (χ0) is 15.2. The Morgan fingerprint density at radius 2 is 1.90 bits per heavy atom. The molecule has 0 bridgehead atoms. The Hall–Kier alpha value is -1.20. The highest BCUT2D eigenvalue weighted by Gasteiger charge is 2.23. The number of nitrogens with zero attached hydrogens (tertiary/aromatic N) is 1. The number of rotatable bonds is 5. The second-order valence-corrected chi connectivity index (χ2v) is 6.82. The third-order valence-electron chi connectivity index (χ3n) is 4.02. The second kappa shape index (κ2) is 7.71. The fourth-order valence-electron chi connectivity index (χ4n) is 2.83. The summed E-state index contributed by atoms with van der Waals surface area (Å²) in [6.07, 6.45) is 4.16. The topological polar surface area (TPSA) is 49.4 Å². The van der Waals surface area contributed by atoms with Crippen LogP contribution in [-0.2, 0) is 22.0 Å². The number of carbonyl (C=O) groups is 1. The molecule has 116 valence electrons. The minimum atomic E-state index is -0.966. The second-order valence-electron chi connectivity index (χ2n) is 5.44. The summed E-state index contributed by atoms with van der Waals surface area (Å²) in [6, 6.07) is 7.88. The van der Waals surface area contributed by atoms with Crippen LogP contribution >= 0.6 is 0 Å². The molecule has 1 atom stereocenters. The van der Waals surface area contributed by atoms with Crippen LogP contribution in [0.15, 0.2) is 29.2 Å². The molecule has 1 aromatic carbocycles. The average Bonchev–Trinajstić information content (AvgIpc) is 2.49. The number of piperidine rings is 1. The summed E-state index contributed by atoms with van der Waals surface area (Å²) in [5, 5.41) is 3.33. The van der Waals surface area contributed by atoms with Crippen molar-refractivity contribution in [3.8, 4) is 0 Å². The summed E-state index contributed by atoms with van der Waals surface area (Å²) in [5.74, 6) is 0.190. The van der Waals surface area contributed by atoms with Gasteiger partial charge in [0.2, 0.25) is 5.91 Å². The van der Waals surface area contributed by atoms with Crippen molar-refractivity contribution in [3.05, 3.63) is 29.8 Å². The number of carbonyl (C=O) groups excluding carboxylic acids is 1. The van der Waals surface area contributed by atoms with Crippen molar-refractivity contribution in [2.24, 2.45) is 0 Å². The smallest absolute Gasteiger partial charge is 0.227 e. The maximum atomic E-state index is 12.5. The number of amides is 1. The van der Waals surface area contributed by atoms with Gasteiger partial charge in [-0.3, -0.25) is 9.00 Å². The Morgan fingerprint density at radius 3 is 2.43 bits per heavy atom. The van der Waals surface area contributed by atoms with E-state index in [0.717, 1.165) is 42.9 Å². The molecule has 0 aliphatic carbocycles. The minimum Gasteiger partial charge on any atom is -0.340 e. The van der Waals surface area contributed by atoms with Crippen LogP contribution in [0.4, 0.5) is 0 Å². The van der Waals surface area contributed by atoms with E-state index in [9.17, 15) is 9.00 Å². The molecule has 1 amide bonds. The van der Waals surface area contributed by atoms with E-state index in [0.29, 0.717) is 12.5 Å². The highest BCUT2D eigenvalue weighted by molar-refractivity contribution is 7.84. The van der Waals surface area contributed by atoms with Crippen molar-refractivity contribution in [1.29, 1.82) is 0 Å². The molecule has 1 heterocycles. The van der Waals surface area contributed by atoms with Gasteiger partial charge in [-0.25, -0.2) is 0 Å². The van der Waals surface area contributed by atoms with Gasteiger partial charge in [-0.15, -0.1) is 0 Å². The van der Waals surface area contributed by atoms with E-state index in [2.05, 4.69) is 5.32 Å². The molecule has 0 saturated carbocycles. The summed E-state index contributed by atoms with van der Waals surface area (Å²) < 4.78 is 11.4. The maximum Gasteiger partial charge on any atom is 0.227 e. The largest absolute Gasteiger partial charge is 0.340 e. The Morgan fingerprint density at radius 1 is 1.29 bits per heavy atom. The Kier molecular flexibility index (Phi) is 5.94. The Labute approximate surface area is 129 Å². The zero-order valence-corrected chi connectivity index (χ0v) is 13.6. The lowest BCUT2D eigenvalue weighted by Gasteiger charge is -2.34. The van der Waals surface area contributed by atoms with Gasteiger partial charge in [0.05, 0.1) is 6.42 Å². The van der Waals surface area contributed by atoms with Crippen LogP contribution in [0.25, 0.3) is 0 Å². The first kappa shape index (κ1) is 16.2. The molecule has 5 heteroatoms. The summed E-state index contributed by atoms with van der Waals surface area (Å²) in [7, 11) is -0.966.